The predicted molar refractivity (Wildman–Crippen MR) is 80.1 cm³/mol. The summed E-state index contributed by atoms with van der Waals surface area (Å²) >= 11 is 0. The van der Waals surface area contributed by atoms with Crippen LogP contribution < -0.4 is 11.1 Å². The number of aryl methyl sites for hydroxylation is 1. The quantitative estimate of drug-likeness (QED) is 0.872. The number of anilines is 1. The van der Waals surface area contributed by atoms with Gasteiger partial charge in [-0.25, -0.2) is 4.98 Å². The van der Waals surface area contributed by atoms with Gasteiger partial charge >= 0.3 is 0 Å². The first-order valence-electron chi connectivity index (χ1n) is 7.08. The van der Waals surface area contributed by atoms with Gasteiger partial charge in [-0.15, -0.1) is 0 Å². The van der Waals surface area contributed by atoms with Crippen molar-refractivity contribution in [3.05, 3.63) is 23.4 Å². The number of nitrogens with zero attached hydrogens (tertiary/aromatic N) is 2. The summed E-state index contributed by atoms with van der Waals surface area (Å²) in [5.41, 5.74) is 8.69. The zero-order valence-electron chi connectivity index (χ0n) is 12.5. The maximum atomic E-state index is 6.15. The van der Waals surface area contributed by atoms with Gasteiger partial charge < -0.3 is 16.0 Å². The van der Waals surface area contributed by atoms with Crippen LogP contribution in [0.4, 0.5) is 5.82 Å². The molecule has 4 heteroatoms. The van der Waals surface area contributed by atoms with E-state index in [4.69, 9.17) is 5.73 Å². The van der Waals surface area contributed by atoms with E-state index >= 15 is 0 Å². The first-order valence-corrected chi connectivity index (χ1v) is 7.08. The second-order valence-corrected chi connectivity index (χ2v) is 5.85. The van der Waals surface area contributed by atoms with Crippen molar-refractivity contribution in [1.82, 2.24) is 15.2 Å². The Morgan fingerprint density at radius 1 is 1.37 bits per heavy atom. The summed E-state index contributed by atoms with van der Waals surface area (Å²) in [5.74, 6) is 0.660. The molecular weight excluding hydrogens is 236 g/mol. The lowest BCUT2D eigenvalue weighted by Crippen LogP contribution is -2.51. The summed E-state index contributed by atoms with van der Waals surface area (Å²) < 4.78 is 0. The molecule has 3 N–H and O–H groups in total. The van der Waals surface area contributed by atoms with E-state index in [1.54, 1.807) is 6.20 Å². The van der Waals surface area contributed by atoms with Gasteiger partial charge in [0.1, 0.15) is 5.82 Å². The van der Waals surface area contributed by atoms with Crippen LogP contribution in [-0.2, 0) is 0 Å². The van der Waals surface area contributed by atoms with E-state index in [0.717, 1.165) is 0 Å². The van der Waals surface area contributed by atoms with E-state index in [2.05, 4.69) is 36.2 Å². The number of pyridine rings is 1. The van der Waals surface area contributed by atoms with Crippen LogP contribution in [0.1, 0.15) is 42.9 Å². The Balaban J connectivity index is 2.49. The Kier molecular flexibility index (Phi) is 4.11. The Bertz CT molecular complexity index is 416. The number of nitrogens with two attached hydrogens (primary N) is 1. The van der Waals surface area contributed by atoms with E-state index in [9.17, 15) is 0 Å². The monoisotopic (exact) mass is 262 g/mol. The van der Waals surface area contributed by atoms with Gasteiger partial charge in [-0.05, 0) is 52.5 Å². The van der Waals surface area contributed by atoms with Crippen molar-refractivity contribution in [3.8, 4) is 0 Å². The van der Waals surface area contributed by atoms with Gasteiger partial charge in [-0.2, -0.15) is 0 Å². The number of nitrogen functional groups attached to an aromatic ring is 1. The second-order valence-electron chi connectivity index (χ2n) is 5.85. The molecule has 0 bridgehead atoms. The zero-order chi connectivity index (χ0) is 14.0. The molecule has 0 amide bonds. The molecule has 2 rings (SSSR count). The molecule has 1 aromatic rings. The first-order chi connectivity index (χ1) is 9.03. The molecule has 1 aliphatic rings. The van der Waals surface area contributed by atoms with Gasteiger partial charge in [0.25, 0.3) is 0 Å². The molecule has 106 valence electrons. The lowest BCUT2D eigenvalue weighted by atomic mass is 9.81. The minimum atomic E-state index is 0.149. The van der Waals surface area contributed by atoms with Crippen LogP contribution in [0.5, 0.6) is 0 Å². The predicted octanol–water partition coefficient (Wildman–Crippen LogP) is 2.11. The van der Waals surface area contributed by atoms with Crippen molar-refractivity contribution in [3.63, 3.8) is 0 Å². The lowest BCUT2D eigenvalue weighted by Gasteiger charge is -2.44. The lowest BCUT2D eigenvalue weighted by molar-refractivity contribution is 0.108. The molecule has 0 saturated heterocycles. The highest BCUT2D eigenvalue weighted by Gasteiger charge is 2.44. The molecule has 0 spiro atoms. The SMILES string of the molecule is CNC(c1c(C)ccnc1N)C1(N(C)C)CCCC1. The molecule has 1 saturated carbocycles. The Hall–Kier alpha value is -1.13. The highest BCUT2D eigenvalue weighted by Crippen LogP contribution is 2.44. The molecule has 1 aliphatic carbocycles. The molecule has 4 nitrogen and oxygen atoms in total. The van der Waals surface area contributed by atoms with Crippen molar-refractivity contribution in [2.24, 2.45) is 0 Å². The van der Waals surface area contributed by atoms with Crippen molar-refractivity contribution in [2.75, 3.05) is 26.9 Å². The van der Waals surface area contributed by atoms with E-state index in [-0.39, 0.29) is 11.6 Å². The van der Waals surface area contributed by atoms with E-state index in [1.165, 1.54) is 36.8 Å². The van der Waals surface area contributed by atoms with Crippen LogP contribution in [0.25, 0.3) is 0 Å². The summed E-state index contributed by atoms with van der Waals surface area (Å²) in [5, 5.41) is 3.50. The van der Waals surface area contributed by atoms with Crippen molar-refractivity contribution < 1.29 is 0 Å². The van der Waals surface area contributed by atoms with Crippen LogP contribution in [0.3, 0.4) is 0 Å². The molecule has 1 aromatic heterocycles. The van der Waals surface area contributed by atoms with Crippen LogP contribution in [0, 0.1) is 6.92 Å². The van der Waals surface area contributed by atoms with Gasteiger partial charge in [-0.3, -0.25) is 0 Å². The fourth-order valence-electron chi connectivity index (χ4n) is 3.63. The number of hydrogen-bond acceptors (Lipinski definition) is 4. The zero-order valence-corrected chi connectivity index (χ0v) is 12.5. The van der Waals surface area contributed by atoms with Crippen LogP contribution in [-0.4, -0.2) is 36.6 Å². The fraction of sp³-hybridized carbons (Fsp3) is 0.667. The van der Waals surface area contributed by atoms with Gasteiger partial charge in [0.05, 0.1) is 6.04 Å². The minimum Gasteiger partial charge on any atom is -0.383 e. The maximum Gasteiger partial charge on any atom is 0.128 e. The third kappa shape index (κ3) is 2.35. The number of aromatic nitrogens is 1. The third-order valence-corrected chi connectivity index (χ3v) is 4.71. The van der Waals surface area contributed by atoms with E-state index in [1.807, 2.05) is 13.1 Å². The normalized spacial score (nSPS) is 19.8. The average Bonchev–Trinajstić information content (AvgIpc) is 2.84. The van der Waals surface area contributed by atoms with E-state index in [0.29, 0.717) is 5.82 Å². The number of rotatable bonds is 4. The molecule has 0 aliphatic heterocycles. The average molecular weight is 262 g/mol. The fourth-order valence-corrected chi connectivity index (χ4v) is 3.63. The topological polar surface area (TPSA) is 54.2 Å². The summed E-state index contributed by atoms with van der Waals surface area (Å²) in [6, 6.07) is 2.28. The standard InChI is InChI=1S/C15H26N4/c1-11-7-10-18-14(16)12(11)13(17-2)15(19(3)4)8-5-6-9-15/h7,10,13,17H,5-6,8-9H2,1-4H3,(H2,16,18). The number of nitrogens with one attached hydrogen (secondary N) is 1. The molecule has 1 heterocycles. The summed E-state index contributed by atoms with van der Waals surface area (Å²) in [4.78, 5) is 6.66. The highest BCUT2D eigenvalue weighted by molar-refractivity contribution is 5.47. The molecule has 1 atom stereocenters. The first kappa shape index (κ1) is 14.3. The minimum absolute atomic E-state index is 0.149. The largest absolute Gasteiger partial charge is 0.383 e. The van der Waals surface area contributed by atoms with Crippen molar-refractivity contribution >= 4 is 5.82 Å². The third-order valence-electron chi connectivity index (χ3n) is 4.71. The number of hydrogen-bond donors (Lipinski definition) is 2. The highest BCUT2D eigenvalue weighted by atomic mass is 15.2. The Morgan fingerprint density at radius 3 is 2.47 bits per heavy atom. The Morgan fingerprint density at radius 2 is 2.00 bits per heavy atom. The number of likely N-dealkylation sites (N-methyl/N-ethyl adjacent to an activating group) is 2. The second kappa shape index (κ2) is 5.47. The summed E-state index contributed by atoms with van der Waals surface area (Å²) in [6.07, 6.45) is 6.78. The van der Waals surface area contributed by atoms with Crippen LogP contribution in [0.2, 0.25) is 0 Å². The smallest absolute Gasteiger partial charge is 0.128 e. The molecular formula is C15H26N4. The van der Waals surface area contributed by atoms with Gasteiger partial charge in [0, 0.05) is 17.3 Å². The van der Waals surface area contributed by atoms with Gasteiger partial charge in [0.2, 0.25) is 0 Å². The molecule has 0 aromatic carbocycles. The summed E-state index contributed by atoms with van der Waals surface area (Å²) in [7, 11) is 6.38. The maximum absolute atomic E-state index is 6.15. The molecule has 1 unspecified atom stereocenters. The Labute approximate surface area is 116 Å². The van der Waals surface area contributed by atoms with Crippen LogP contribution in [0.15, 0.2) is 12.3 Å². The van der Waals surface area contributed by atoms with Crippen molar-refractivity contribution in [2.45, 2.75) is 44.2 Å². The molecule has 19 heavy (non-hydrogen) atoms. The van der Waals surface area contributed by atoms with Gasteiger partial charge in [0.15, 0.2) is 0 Å². The molecule has 0 radical (unpaired) electrons. The summed E-state index contributed by atoms with van der Waals surface area (Å²) in [6.45, 7) is 2.12. The van der Waals surface area contributed by atoms with E-state index < -0.39 is 0 Å². The van der Waals surface area contributed by atoms with Crippen LogP contribution >= 0.6 is 0 Å². The van der Waals surface area contributed by atoms with Gasteiger partial charge in [-0.1, -0.05) is 12.8 Å². The van der Waals surface area contributed by atoms with Crippen molar-refractivity contribution in [1.29, 1.82) is 0 Å². The molecule has 1 fully saturated rings.